The number of ether oxygens (including phenoxy) is 4. The van der Waals surface area contributed by atoms with Crippen LogP contribution in [0, 0.1) is 0 Å². The van der Waals surface area contributed by atoms with Crippen LogP contribution in [0.4, 0.5) is 0 Å². The lowest BCUT2D eigenvalue weighted by Crippen LogP contribution is -2.09. The van der Waals surface area contributed by atoms with Gasteiger partial charge in [0.25, 0.3) is 10.6 Å². The molecule has 0 aromatic carbocycles. The zero-order chi connectivity index (χ0) is 22.4. The van der Waals surface area contributed by atoms with Crippen LogP contribution in [0.25, 0.3) is 0 Å². The quantitative estimate of drug-likeness (QED) is 0.280. The Kier molecular flexibility index (Phi) is 9.53. The van der Waals surface area contributed by atoms with E-state index in [4.69, 9.17) is 42.1 Å². The summed E-state index contributed by atoms with van der Waals surface area (Å²) in [6.07, 6.45) is 2.69. The largest absolute Gasteiger partial charge is 0.461 e. The molecule has 0 atom stereocenters. The molecule has 0 unspecified atom stereocenters. The lowest BCUT2D eigenvalue weighted by atomic mass is 10.3. The summed E-state index contributed by atoms with van der Waals surface area (Å²) >= 11 is 11.0. The van der Waals surface area contributed by atoms with Crippen LogP contribution < -0.4 is 18.9 Å². The average Bonchev–Trinajstić information content (AvgIpc) is 2.81. The normalized spacial score (nSPS) is 10.6. The Hall–Kier alpha value is -3.40. The van der Waals surface area contributed by atoms with Crippen molar-refractivity contribution in [1.29, 1.82) is 0 Å². The molecular formula is C14H16Cl2N12O4. The molecule has 3 rings (SSSR count). The highest BCUT2D eigenvalue weighted by molar-refractivity contribution is 6.28. The van der Waals surface area contributed by atoms with Crippen molar-refractivity contribution in [2.24, 2.45) is 0 Å². The van der Waals surface area contributed by atoms with E-state index in [2.05, 4.69) is 61.2 Å². The Labute approximate surface area is 190 Å². The second-order valence-electron chi connectivity index (χ2n) is 5.68. The van der Waals surface area contributed by atoms with Gasteiger partial charge in [-0.3, -0.25) is 0 Å². The van der Waals surface area contributed by atoms with Crippen molar-refractivity contribution in [3.8, 4) is 24.0 Å². The molecule has 170 valence electrons. The molecule has 16 nitrogen and oxygen atoms in total. The number of halogens is 2. The predicted octanol–water partition coefficient (Wildman–Crippen LogP) is 0.209. The molecule has 0 aliphatic rings. The number of rotatable bonds is 14. The van der Waals surface area contributed by atoms with E-state index < -0.39 is 0 Å². The van der Waals surface area contributed by atoms with E-state index >= 15 is 0 Å². The van der Waals surface area contributed by atoms with Crippen LogP contribution >= 0.6 is 23.2 Å². The fourth-order valence-corrected chi connectivity index (χ4v) is 2.07. The van der Waals surface area contributed by atoms with Gasteiger partial charge >= 0.3 is 24.0 Å². The number of nitrogens with zero attached hydrogens (tertiary/aromatic N) is 12. The van der Waals surface area contributed by atoms with Gasteiger partial charge < -0.3 is 18.9 Å². The number of hydrogen-bond donors (Lipinski definition) is 0. The summed E-state index contributed by atoms with van der Waals surface area (Å²) < 4.78 is 21.2. The first kappa shape index (κ1) is 23.3. The van der Waals surface area contributed by atoms with Gasteiger partial charge in [0.05, 0.1) is 26.4 Å². The van der Waals surface area contributed by atoms with E-state index in [1.54, 1.807) is 0 Å². The third-order valence-corrected chi connectivity index (χ3v) is 3.62. The molecule has 0 bridgehead atoms. The summed E-state index contributed by atoms with van der Waals surface area (Å²) in [5.74, 6) is 0. The van der Waals surface area contributed by atoms with E-state index in [1.165, 1.54) is 0 Å². The van der Waals surface area contributed by atoms with E-state index in [0.29, 0.717) is 52.1 Å². The van der Waals surface area contributed by atoms with Crippen LogP contribution in [-0.2, 0) is 0 Å². The molecule has 0 spiro atoms. The van der Waals surface area contributed by atoms with Crippen LogP contribution in [0.2, 0.25) is 10.6 Å². The van der Waals surface area contributed by atoms with Gasteiger partial charge in [0.15, 0.2) is 0 Å². The summed E-state index contributed by atoms with van der Waals surface area (Å²) in [6, 6.07) is 0.207. The first-order chi connectivity index (χ1) is 15.7. The van der Waals surface area contributed by atoms with Crippen LogP contribution in [0.15, 0.2) is 0 Å². The van der Waals surface area contributed by atoms with Crippen molar-refractivity contribution < 1.29 is 18.9 Å². The highest BCUT2D eigenvalue weighted by Gasteiger charge is 2.05. The Morgan fingerprint density at radius 2 is 0.594 bits per heavy atom. The molecule has 0 amide bonds. The molecule has 3 aromatic heterocycles. The topological polar surface area (TPSA) is 192 Å². The summed E-state index contributed by atoms with van der Waals surface area (Å²) in [5.41, 5.74) is 0. The number of unbranched alkanes of at least 4 members (excludes halogenated alkanes) is 2. The van der Waals surface area contributed by atoms with E-state index in [9.17, 15) is 0 Å². The van der Waals surface area contributed by atoms with Crippen molar-refractivity contribution in [2.75, 3.05) is 26.4 Å². The second-order valence-corrected chi connectivity index (χ2v) is 6.35. The maximum atomic E-state index is 5.48. The molecule has 0 saturated carbocycles. The molecule has 0 radical (unpaired) electrons. The Balaban J connectivity index is 1.20. The zero-order valence-electron chi connectivity index (χ0n) is 16.4. The molecule has 0 N–H and O–H groups in total. The predicted molar refractivity (Wildman–Crippen MR) is 103 cm³/mol. The third kappa shape index (κ3) is 8.76. The molecule has 32 heavy (non-hydrogen) atoms. The standard InChI is InChI=1S/C14H16Cl2N12O4/c15-9-17-21-11(22-18-9)29-5-1-3-7-31-13-25-27-14(28-26-13)32-8-4-2-6-30-12-23-19-10(16)20-24-12/h1-8H2. The van der Waals surface area contributed by atoms with Gasteiger partial charge in [-0.05, 0) is 48.9 Å². The SMILES string of the molecule is Clc1nnc(OCCCCOc2nnc(OCCCCOc3nnc(Cl)nn3)nn2)nn1. The fourth-order valence-electron chi connectivity index (χ4n) is 1.92. The maximum absolute atomic E-state index is 5.48. The van der Waals surface area contributed by atoms with Crippen LogP contribution in [0.3, 0.4) is 0 Å². The Bertz CT molecular complexity index is 846. The van der Waals surface area contributed by atoms with Gasteiger partial charge in [-0.1, -0.05) is 40.8 Å². The van der Waals surface area contributed by atoms with Crippen molar-refractivity contribution >= 4 is 23.2 Å². The first-order valence-corrected chi connectivity index (χ1v) is 9.99. The fraction of sp³-hybridized carbons (Fsp3) is 0.571. The maximum Gasteiger partial charge on any atom is 0.355 e. The van der Waals surface area contributed by atoms with E-state index in [-0.39, 0.29) is 34.6 Å². The van der Waals surface area contributed by atoms with Gasteiger partial charge in [0.1, 0.15) is 0 Å². The highest BCUT2D eigenvalue weighted by atomic mass is 35.5. The van der Waals surface area contributed by atoms with Crippen molar-refractivity contribution in [1.82, 2.24) is 61.2 Å². The Morgan fingerprint density at radius 1 is 0.375 bits per heavy atom. The molecule has 18 heteroatoms. The third-order valence-electron chi connectivity index (χ3n) is 3.32. The summed E-state index contributed by atoms with van der Waals surface area (Å²) in [4.78, 5) is 0. The number of hydrogen-bond acceptors (Lipinski definition) is 16. The molecule has 0 aliphatic heterocycles. The minimum atomic E-state index is -0.0457. The summed E-state index contributed by atoms with van der Waals surface area (Å²) in [6.45, 7) is 1.44. The van der Waals surface area contributed by atoms with Crippen LogP contribution in [0.1, 0.15) is 25.7 Å². The molecule has 0 aliphatic carbocycles. The van der Waals surface area contributed by atoms with Crippen molar-refractivity contribution in [3.05, 3.63) is 10.6 Å². The lowest BCUT2D eigenvalue weighted by Gasteiger charge is -2.05. The van der Waals surface area contributed by atoms with E-state index in [1.807, 2.05) is 0 Å². The monoisotopic (exact) mass is 486 g/mol. The average molecular weight is 487 g/mol. The van der Waals surface area contributed by atoms with Crippen molar-refractivity contribution in [3.63, 3.8) is 0 Å². The minimum absolute atomic E-state index is 0.0457. The van der Waals surface area contributed by atoms with Gasteiger partial charge in [-0.2, -0.15) is 0 Å². The number of aromatic nitrogens is 12. The molecule has 0 fully saturated rings. The summed E-state index contributed by atoms with van der Waals surface area (Å²) in [5, 5.41) is 43.7. The van der Waals surface area contributed by atoms with Crippen LogP contribution in [0.5, 0.6) is 24.0 Å². The second kappa shape index (κ2) is 13.1. The van der Waals surface area contributed by atoms with Gasteiger partial charge in [0.2, 0.25) is 0 Å². The summed E-state index contributed by atoms with van der Waals surface area (Å²) in [7, 11) is 0. The molecule has 3 aromatic rings. The molecule has 3 heterocycles. The molecule has 0 saturated heterocycles. The highest BCUT2D eigenvalue weighted by Crippen LogP contribution is 2.05. The van der Waals surface area contributed by atoms with Gasteiger partial charge in [0, 0.05) is 0 Å². The lowest BCUT2D eigenvalue weighted by molar-refractivity contribution is 0.225. The van der Waals surface area contributed by atoms with Gasteiger partial charge in [-0.15, -0.1) is 20.4 Å². The van der Waals surface area contributed by atoms with Crippen LogP contribution in [-0.4, -0.2) is 87.6 Å². The van der Waals surface area contributed by atoms with Gasteiger partial charge in [-0.25, -0.2) is 0 Å². The zero-order valence-corrected chi connectivity index (χ0v) is 17.9. The smallest absolute Gasteiger partial charge is 0.355 e. The van der Waals surface area contributed by atoms with E-state index in [0.717, 1.165) is 0 Å². The molecular weight excluding hydrogens is 471 g/mol. The minimum Gasteiger partial charge on any atom is -0.461 e. The first-order valence-electron chi connectivity index (χ1n) is 9.23. The Morgan fingerprint density at radius 3 is 0.844 bits per heavy atom. The van der Waals surface area contributed by atoms with Crippen molar-refractivity contribution in [2.45, 2.75) is 25.7 Å².